The molecule has 0 unspecified atom stereocenters. The Bertz CT molecular complexity index is 1030. The summed E-state index contributed by atoms with van der Waals surface area (Å²) < 4.78 is 32.6. The number of piperazine rings is 1. The van der Waals surface area contributed by atoms with Gasteiger partial charge in [-0.15, -0.1) is 0 Å². The summed E-state index contributed by atoms with van der Waals surface area (Å²) in [6.45, 7) is 11.2. The molecule has 0 bridgehead atoms. The number of ether oxygens (including phenoxy) is 1. The molecule has 1 aliphatic rings. The summed E-state index contributed by atoms with van der Waals surface area (Å²) in [6, 6.07) is 15.2. The maximum atomic E-state index is 12.3. The van der Waals surface area contributed by atoms with Crippen molar-refractivity contribution in [1.82, 2.24) is 10.2 Å². The van der Waals surface area contributed by atoms with E-state index in [1.54, 1.807) is 24.3 Å². The zero-order valence-electron chi connectivity index (χ0n) is 20.3. The monoisotopic (exact) mass is 488 g/mol. The molecule has 0 aliphatic carbocycles. The molecule has 1 heterocycles. The van der Waals surface area contributed by atoms with E-state index >= 15 is 0 Å². The molecular formula is C25H36N4O4S. The molecule has 1 amide bonds. The summed E-state index contributed by atoms with van der Waals surface area (Å²) in [7, 11) is -3.78. The molecular weight excluding hydrogens is 452 g/mol. The molecule has 0 atom stereocenters. The summed E-state index contributed by atoms with van der Waals surface area (Å²) in [5.41, 5.74) is 2.93. The van der Waals surface area contributed by atoms with E-state index in [1.807, 2.05) is 13.8 Å². The second-order valence-corrected chi connectivity index (χ2v) is 10.6. The molecule has 9 heteroatoms. The van der Waals surface area contributed by atoms with Gasteiger partial charge in [0.2, 0.25) is 15.9 Å². The number of carbonyl (C=O) groups is 1. The molecule has 0 radical (unpaired) electrons. The highest BCUT2D eigenvalue weighted by Crippen LogP contribution is 2.19. The fraction of sp³-hybridized carbons (Fsp3) is 0.480. The molecule has 0 spiro atoms. The highest BCUT2D eigenvalue weighted by molar-refractivity contribution is 7.93. The summed E-state index contributed by atoms with van der Waals surface area (Å²) in [4.78, 5) is 16.9. The molecule has 186 valence electrons. The average molecular weight is 489 g/mol. The fourth-order valence-electron chi connectivity index (χ4n) is 3.90. The molecule has 2 aromatic carbocycles. The minimum atomic E-state index is -3.78. The van der Waals surface area contributed by atoms with Gasteiger partial charge in [-0.25, -0.2) is 8.42 Å². The Hall–Kier alpha value is -2.78. The van der Waals surface area contributed by atoms with Crippen molar-refractivity contribution in [3.8, 4) is 5.75 Å². The minimum absolute atomic E-state index is 0.0365. The number of sulfonamides is 1. The lowest BCUT2D eigenvalue weighted by Gasteiger charge is -2.36. The molecule has 0 aromatic heterocycles. The normalized spacial score (nSPS) is 14.8. The quantitative estimate of drug-likeness (QED) is 0.473. The number of nitrogens with one attached hydrogen (secondary N) is 2. The molecule has 0 saturated carbocycles. The average Bonchev–Trinajstić information content (AvgIpc) is 2.77. The van der Waals surface area contributed by atoms with Crippen LogP contribution in [0.1, 0.15) is 25.8 Å². The molecule has 1 saturated heterocycles. The SMILES string of the molecule is Cc1cccc(N2CCN(CCCNC(=O)CS(=O)(=O)Nc3ccc(OC(C)C)cc3)CC2)c1. The molecule has 2 aromatic rings. The number of hydrogen-bond acceptors (Lipinski definition) is 6. The highest BCUT2D eigenvalue weighted by Gasteiger charge is 2.18. The molecule has 2 N–H and O–H groups in total. The van der Waals surface area contributed by atoms with Crippen molar-refractivity contribution in [2.24, 2.45) is 0 Å². The topological polar surface area (TPSA) is 91.0 Å². The number of rotatable bonds is 11. The minimum Gasteiger partial charge on any atom is -0.491 e. The van der Waals surface area contributed by atoms with Gasteiger partial charge >= 0.3 is 0 Å². The molecule has 34 heavy (non-hydrogen) atoms. The first-order valence-electron chi connectivity index (χ1n) is 11.8. The first-order valence-corrected chi connectivity index (χ1v) is 13.4. The largest absolute Gasteiger partial charge is 0.491 e. The van der Waals surface area contributed by atoms with Crippen LogP contribution in [-0.4, -0.2) is 70.4 Å². The summed E-state index contributed by atoms with van der Waals surface area (Å²) >= 11 is 0. The number of benzene rings is 2. The van der Waals surface area contributed by atoms with Crippen molar-refractivity contribution in [2.45, 2.75) is 33.3 Å². The number of amides is 1. The standard InChI is InChI=1S/C25H36N4O4S/c1-20(2)33-24-10-8-22(9-11-24)27-34(31,32)19-25(30)26-12-5-13-28-14-16-29(17-15-28)23-7-4-6-21(3)18-23/h4,6-11,18,20,27H,5,12-17,19H2,1-3H3,(H,26,30). The third-order valence-electron chi connectivity index (χ3n) is 5.53. The summed E-state index contributed by atoms with van der Waals surface area (Å²) in [5.74, 6) is -0.448. The fourth-order valence-corrected chi connectivity index (χ4v) is 4.91. The van der Waals surface area contributed by atoms with Crippen LogP contribution in [0.2, 0.25) is 0 Å². The number of carbonyl (C=O) groups excluding carboxylic acids is 1. The van der Waals surface area contributed by atoms with Gasteiger partial charge in [-0.1, -0.05) is 12.1 Å². The Morgan fingerprint density at radius 3 is 2.41 bits per heavy atom. The Labute approximate surface area is 203 Å². The second kappa shape index (κ2) is 12.1. The van der Waals surface area contributed by atoms with Crippen molar-refractivity contribution in [3.63, 3.8) is 0 Å². The number of hydrogen-bond donors (Lipinski definition) is 2. The van der Waals surface area contributed by atoms with Gasteiger partial charge in [-0.3, -0.25) is 14.4 Å². The predicted octanol–water partition coefficient (Wildman–Crippen LogP) is 2.85. The predicted molar refractivity (Wildman–Crippen MR) is 137 cm³/mol. The van der Waals surface area contributed by atoms with Gasteiger partial charge in [0.25, 0.3) is 0 Å². The van der Waals surface area contributed by atoms with Crippen molar-refractivity contribution in [2.75, 3.05) is 54.6 Å². The van der Waals surface area contributed by atoms with Gasteiger partial charge in [0, 0.05) is 44.1 Å². The van der Waals surface area contributed by atoms with E-state index in [9.17, 15) is 13.2 Å². The second-order valence-electron chi connectivity index (χ2n) is 8.92. The Morgan fingerprint density at radius 1 is 1.06 bits per heavy atom. The first kappa shape index (κ1) is 25.8. The van der Waals surface area contributed by atoms with Crippen LogP contribution >= 0.6 is 0 Å². The molecule has 1 aliphatic heterocycles. The lowest BCUT2D eigenvalue weighted by Crippen LogP contribution is -2.47. The van der Waals surface area contributed by atoms with Crippen LogP contribution in [0.25, 0.3) is 0 Å². The van der Waals surface area contributed by atoms with E-state index in [1.165, 1.54) is 11.3 Å². The maximum Gasteiger partial charge on any atom is 0.241 e. The van der Waals surface area contributed by atoms with Crippen LogP contribution in [0.5, 0.6) is 5.75 Å². The third kappa shape index (κ3) is 8.53. The zero-order valence-corrected chi connectivity index (χ0v) is 21.1. The molecule has 8 nitrogen and oxygen atoms in total. The van der Waals surface area contributed by atoms with E-state index in [0.29, 0.717) is 18.0 Å². The zero-order chi connectivity index (χ0) is 24.6. The van der Waals surface area contributed by atoms with Crippen LogP contribution in [0, 0.1) is 6.92 Å². The van der Waals surface area contributed by atoms with Crippen LogP contribution < -0.4 is 19.7 Å². The smallest absolute Gasteiger partial charge is 0.241 e. The van der Waals surface area contributed by atoms with E-state index in [0.717, 1.165) is 39.1 Å². The first-order chi connectivity index (χ1) is 16.2. The van der Waals surface area contributed by atoms with Crippen LogP contribution in [-0.2, 0) is 14.8 Å². The van der Waals surface area contributed by atoms with E-state index < -0.39 is 21.7 Å². The molecule has 3 rings (SSSR count). The Morgan fingerprint density at radius 2 is 1.76 bits per heavy atom. The van der Waals surface area contributed by atoms with Crippen molar-refractivity contribution in [3.05, 3.63) is 54.1 Å². The van der Waals surface area contributed by atoms with Crippen LogP contribution in [0.15, 0.2) is 48.5 Å². The molecule has 1 fully saturated rings. The number of anilines is 2. The van der Waals surface area contributed by atoms with E-state index in [2.05, 4.69) is 51.0 Å². The van der Waals surface area contributed by atoms with Gasteiger partial charge in [0.15, 0.2) is 0 Å². The third-order valence-corrected chi connectivity index (χ3v) is 6.72. The van der Waals surface area contributed by atoms with Gasteiger partial charge < -0.3 is 15.0 Å². The van der Waals surface area contributed by atoms with Crippen LogP contribution in [0.4, 0.5) is 11.4 Å². The van der Waals surface area contributed by atoms with Gasteiger partial charge in [-0.05, 0) is 75.7 Å². The Kier molecular flexibility index (Phi) is 9.18. The highest BCUT2D eigenvalue weighted by atomic mass is 32.2. The van der Waals surface area contributed by atoms with Gasteiger partial charge in [-0.2, -0.15) is 0 Å². The van der Waals surface area contributed by atoms with Gasteiger partial charge in [0.1, 0.15) is 11.5 Å². The Balaban J connectivity index is 1.33. The number of aryl methyl sites for hydroxylation is 1. The summed E-state index contributed by atoms with van der Waals surface area (Å²) in [6.07, 6.45) is 0.815. The lowest BCUT2D eigenvalue weighted by molar-refractivity contribution is -0.118. The van der Waals surface area contributed by atoms with Crippen molar-refractivity contribution >= 4 is 27.3 Å². The van der Waals surface area contributed by atoms with E-state index in [-0.39, 0.29) is 6.10 Å². The number of nitrogens with zero attached hydrogens (tertiary/aromatic N) is 2. The maximum absolute atomic E-state index is 12.3. The van der Waals surface area contributed by atoms with Gasteiger partial charge in [0.05, 0.1) is 6.10 Å². The lowest BCUT2D eigenvalue weighted by atomic mass is 10.2. The van der Waals surface area contributed by atoms with E-state index in [4.69, 9.17) is 4.74 Å². The van der Waals surface area contributed by atoms with Crippen molar-refractivity contribution < 1.29 is 17.9 Å². The van der Waals surface area contributed by atoms with Crippen LogP contribution in [0.3, 0.4) is 0 Å². The summed E-state index contributed by atoms with van der Waals surface area (Å²) in [5, 5.41) is 2.72. The van der Waals surface area contributed by atoms with Crippen molar-refractivity contribution in [1.29, 1.82) is 0 Å².